The Morgan fingerprint density at radius 2 is 0.978 bits per heavy atom. The number of para-hydroxylation sites is 7. The highest BCUT2D eigenvalue weighted by molar-refractivity contribution is 6.11. The minimum Gasteiger partial charge on any atom is -0.456 e. The van der Waals surface area contributed by atoms with Crippen molar-refractivity contribution in [3.05, 3.63) is 317 Å². The third kappa shape index (κ3) is 7.27. The van der Waals surface area contributed by atoms with Gasteiger partial charge in [-0.25, -0.2) is 0 Å². The zero-order valence-electron chi connectivity index (χ0n) is 49.4. The van der Waals surface area contributed by atoms with Crippen LogP contribution in [0.4, 0.5) is 0 Å². The van der Waals surface area contributed by atoms with Crippen LogP contribution in [0.5, 0.6) is 0 Å². The highest BCUT2D eigenvalue weighted by atomic mass is 16.3. The normalized spacial score (nSPS) is 16.9. The molecule has 4 aliphatic carbocycles. The molecule has 3 atom stereocenters. The van der Waals surface area contributed by atoms with Gasteiger partial charge in [-0.1, -0.05) is 164 Å². The molecular weight excluding hydrogens is 1100 g/mol. The first-order chi connectivity index (χ1) is 44.6. The van der Waals surface area contributed by atoms with Crippen molar-refractivity contribution in [2.24, 2.45) is 0 Å². The van der Waals surface area contributed by atoms with Gasteiger partial charge in [0.25, 0.3) is 0 Å². The second-order valence-corrected chi connectivity index (χ2v) is 25.2. The second kappa shape index (κ2) is 19.2. The maximum Gasteiger partial charge on any atom is 0.159 e. The number of aryl methyl sites for hydroxylation is 1. The van der Waals surface area contributed by atoms with Crippen molar-refractivity contribution in [3.63, 3.8) is 0 Å². The number of fused-ring (bicyclic) bond motifs is 18. The summed E-state index contributed by atoms with van der Waals surface area (Å²) in [5.74, 6) is 2.19. The van der Waals surface area contributed by atoms with Crippen molar-refractivity contribution in [3.8, 4) is 17.1 Å². The summed E-state index contributed by atoms with van der Waals surface area (Å²) in [6.07, 6.45) is 21.2. The van der Waals surface area contributed by atoms with Crippen LogP contribution in [-0.4, -0.2) is 18.3 Å². The van der Waals surface area contributed by atoms with Crippen LogP contribution in [0.1, 0.15) is 86.2 Å². The number of nitrogens with zero attached hydrogens (tertiary/aromatic N) is 4. The summed E-state index contributed by atoms with van der Waals surface area (Å²) in [5, 5.41) is 10.0. The fourth-order valence-electron chi connectivity index (χ4n) is 16.5. The minimum absolute atomic E-state index is 0.0589. The summed E-state index contributed by atoms with van der Waals surface area (Å²) in [6.45, 7) is 0. The zero-order chi connectivity index (χ0) is 58.7. The van der Waals surface area contributed by atoms with E-state index in [0.717, 1.165) is 77.3 Å². The van der Waals surface area contributed by atoms with Crippen molar-refractivity contribution in [2.45, 2.75) is 50.0 Å². The number of rotatable bonds is 7. The Labute approximate surface area is 519 Å². The largest absolute Gasteiger partial charge is 0.456 e. The average molecular weight is 1160 g/mol. The molecule has 0 aliphatic heterocycles. The van der Waals surface area contributed by atoms with Crippen molar-refractivity contribution in [1.29, 1.82) is 0 Å². The molecule has 90 heavy (non-hydrogen) atoms. The van der Waals surface area contributed by atoms with Crippen LogP contribution in [0.15, 0.2) is 264 Å². The molecule has 0 N–H and O–H groups in total. The Morgan fingerprint density at radius 1 is 0.378 bits per heavy atom. The first-order valence-corrected chi connectivity index (χ1v) is 31.9. The molecule has 3 unspecified atom stereocenters. The summed E-state index contributed by atoms with van der Waals surface area (Å²) in [4.78, 5) is 0. The Morgan fingerprint density at radius 3 is 1.79 bits per heavy atom. The summed E-state index contributed by atoms with van der Waals surface area (Å²) in [7, 11) is 0. The van der Waals surface area contributed by atoms with Gasteiger partial charge in [-0.3, -0.25) is 0 Å². The number of hydrogen-bond donors (Lipinski definition) is 0. The summed E-state index contributed by atoms with van der Waals surface area (Å²) in [6, 6.07) is 85.4. The van der Waals surface area contributed by atoms with Crippen molar-refractivity contribution in [1.82, 2.24) is 18.3 Å². The number of hydrogen-bond acceptors (Lipinski definition) is 2. The molecule has 0 saturated heterocycles. The minimum atomic E-state index is 0.0589. The van der Waals surface area contributed by atoms with Gasteiger partial charge in [-0.15, -0.1) is 0 Å². The third-order valence-corrected chi connectivity index (χ3v) is 20.5. The lowest BCUT2D eigenvalue weighted by Gasteiger charge is -2.23. The van der Waals surface area contributed by atoms with Crippen LogP contribution < -0.4 is 0 Å². The van der Waals surface area contributed by atoms with Crippen molar-refractivity contribution < 1.29 is 8.83 Å². The lowest BCUT2D eigenvalue weighted by atomic mass is 9.80. The molecule has 0 fully saturated rings. The molecule has 6 heterocycles. The molecule has 426 valence electrons. The van der Waals surface area contributed by atoms with Gasteiger partial charge in [-0.05, 0) is 163 Å². The van der Waals surface area contributed by atoms with E-state index in [2.05, 4.69) is 291 Å². The van der Waals surface area contributed by atoms with Crippen LogP contribution in [0, 0.1) is 0 Å². The maximum atomic E-state index is 7.25. The standard InChI is InChI=1S/C84H58N4O2/c1-3-18-56(19-4-1)85-72-28-12-9-24-61(72)66-44-51(34-39-77(66)85)52-37-42-81-69(46-52)71-49-55(53-35-40-78-67(45-53)62-25-10-13-29-73(62)86(78)57-20-5-2-6-21-57)48-65(83(71)89-81)54-36-41-79-68(47-54)63-26-11-14-30-74(63)87(79)58-38-43-82-70(50-58)64-27-17-33-80(84(64)90-82)88-75-31-15-7-22-59(75)60-23-8-16-32-76(60)88/h1-7,9-22,24-43,45-48,51,55,58H,8,23,44,49-50H2. The Hall–Kier alpha value is -11.1. The molecule has 10 aromatic carbocycles. The molecule has 0 spiro atoms. The van der Waals surface area contributed by atoms with E-state index < -0.39 is 0 Å². The highest BCUT2D eigenvalue weighted by Crippen LogP contribution is 2.49. The summed E-state index contributed by atoms with van der Waals surface area (Å²) >= 11 is 0. The van der Waals surface area contributed by atoms with Gasteiger partial charge >= 0.3 is 0 Å². The quantitative estimate of drug-likeness (QED) is 0.160. The van der Waals surface area contributed by atoms with Crippen LogP contribution >= 0.6 is 0 Å². The van der Waals surface area contributed by atoms with Crippen molar-refractivity contribution >= 4 is 111 Å². The fourth-order valence-corrected chi connectivity index (χ4v) is 16.5. The molecule has 0 saturated carbocycles. The highest BCUT2D eigenvalue weighted by Gasteiger charge is 2.32. The van der Waals surface area contributed by atoms with E-state index >= 15 is 0 Å². The topological polar surface area (TPSA) is 46.0 Å². The number of furan rings is 2. The third-order valence-electron chi connectivity index (χ3n) is 20.5. The van der Waals surface area contributed by atoms with E-state index in [1.165, 1.54) is 127 Å². The fraction of sp³-hybridized carbons (Fsp3) is 0.0952. The number of benzene rings is 10. The SMILES string of the molecule is C1=Cc2c(c3ccccc3n2-c2cccc3c4c(oc23)C=CC(n2c3ccccc3c3cc(C5=CC(c6ccc7c(c6)c6ccccc6n7-c6ccccc6)Cc6c5oc5ccc(C7C=Cc8c(c9ccccc9n8-c8ccccc8)C7)cc65)ccc32)C4)CC1. The van der Waals surface area contributed by atoms with Gasteiger partial charge < -0.3 is 27.1 Å². The van der Waals surface area contributed by atoms with Crippen LogP contribution in [-0.2, 0) is 25.7 Å². The first-order valence-electron chi connectivity index (χ1n) is 31.9. The van der Waals surface area contributed by atoms with E-state index in [1.54, 1.807) is 0 Å². The second-order valence-electron chi connectivity index (χ2n) is 25.2. The smallest absolute Gasteiger partial charge is 0.159 e. The molecule has 6 aromatic heterocycles. The van der Waals surface area contributed by atoms with Gasteiger partial charge in [0, 0.05) is 112 Å². The number of allylic oxidation sites excluding steroid dienone is 4. The molecule has 4 aliphatic rings. The monoisotopic (exact) mass is 1150 g/mol. The van der Waals surface area contributed by atoms with Crippen LogP contribution in [0.3, 0.4) is 0 Å². The Bertz CT molecular complexity index is 5840. The van der Waals surface area contributed by atoms with Gasteiger partial charge in [0.1, 0.15) is 17.1 Å². The lowest BCUT2D eigenvalue weighted by Crippen LogP contribution is -2.12. The molecule has 20 rings (SSSR count). The lowest BCUT2D eigenvalue weighted by molar-refractivity contribution is 0.571. The molecule has 0 radical (unpaired) electrons. The van der Waals surface area contributed by atoms with E-state index in [4.69, 9.17) is 8.83 Å². The zero-order valence-corrected chi connectivity index (χ0v) is 49.4. The number of aromatic nitrogens is 4. The van der Waals surface area contributed by atoms with Gasteiger partial charge in [-0.2, -0.15) is 0 Å². The molecule has 16 aromatic rings. The molecule has 0 amide bonds. The molecule has 6 heteroatoms. The molecule has 0 bridgehead atoms. The van der Waals surface area contributed by atoms with E-state index in [1.807, 2.05) is 0 Å². The van der Waals surface area contributed by atoms with E-state index in [9.17, 15) is 0 Å². The van der Waals surface area contributed by atoms with Gasteiger partial charge in [0.15, 0.2) is 5.58 Å². The predicted molar refractivity (Wildman–Crippen MR) is 371 cm³/mol. The van der Waals surface area contributed by atoms with Gasteiger partial charge in [0.2, 0.25) is 0 Å². The van der Waals surface area contributed by atoms with Crippen LogP contribution in [0.25, 0.3) is 128 Å². The Balaban J connectivity index is 0.715. The first kappa shape index (κ1) is 50.0. The molecular formula is C84H58N4O2. The van der Waals surface area contributed by atoms with Crippen molar-refractivity contribution in [2.75, 3.05) is 0 Å². The predicted octanol–water partition coefficient (Wildman–Crippen LogP) is 21.2. The average Bonchev–Trinajstić information content (AvgIpc) is 1.60. The molecule has 6 nitrogen and oxygen atoms in total. The Kier molecular flexibility index (Phi) is 10.7. The van der Waals surface area contributed by atoms with E-state index in [0.29, 0.717) is 0 Å². The van der Waals surface area contributed by atoms with Crippen LogP contribution in [0.2, 0.25) is 0 Å². The summed E-state index contributed by atoms with van der Waals surface area (Å²) in [5.41, 5.74) is 25.4. The van der Waals surface area contributed by atoms with E-state index in [-0.39, 0.29) is 17.9 Å². The summed E-state index contributed by atoms with van der Waals surface area (Å²) < 4.78 is 24.1. The van der Waals surface area contributed by atoms with Gasteiger partial charge in [0.05, 0.1) is 33.8 Å². The maximum absolute atomic E-state index is 7.25.